The number of para-hydroxylation sites is 4. The Hall–Kier alpha value is -16.2. The van der Waals surface area contributed by atoms with E-state index in [0.29, 0.717) is 17.7 Å². The van der Waals surface area contributed by atoms with Gasteiger partial charge in [-0.2, -0.15) is 0 Å². The molecule has 0 aliphatic heterocycles. The van der Waals surface area contributed by atoms with Crippen molar-refractivity contribution in [2.75, 3.05) is 0 Å². The van der Waals surface area contributed by atoms with E-state index >= 15 is 0 Å². The van der Waals surface area contributed by atoms with Crippen molar-refractivity contribution in [2.24, 2.45) is 7.05 Å². The van der Waals surface area contributed by atoms with Gasteiger partial charge in [0, 0.05) is 123 Å². The number of hydrogen-bond donors (Lipinski definition) is 0. The third kappa shape index (κ3) is 12.8. The molecule has 0 aliphatic rings. The summed E-state index contributed by atoms with van der Waals surface area (Å²) < 4.78 is 9.56. The molecule has 6 aromatic heterocycles. The van der Waals surface area contributed by atoms with E-state index in [1.54, 1.807) is 0 Å². The second-order valence-corrected chi connectivity index (χ2v) is 32.7. The standard InChI is InChI=1S/C63H44N4.C53H36N4/c1-40(2)66-59-28-12-10-25-52(59)55-36-44(30-32-61(55)66)43-21-14-22-48(35-43)67-60-29-13-11-26-53(60)56-37-46(31-33-62(56)67)54-38-47(34-45-19-7-9-24-50(45)54)63-64-57(42-17-4-3-5-18-42)39-58(65-63)51-27-15-20-41-16-6-8-23-49(41)51;1-56-49-21-10-8-19-43(49)45-33-41(27-29-50(45)56)39-17-12-18-42(31-39)57-51-22-11-9-20-44(51)46-32-40(28-30-52(46)57)35-23-25-38(26-24-35)53-54-47(36-13-4-2-5-14-36)34-48(55-53)37-15-6-3-7-16-37/h3-40H,1-2H3;2-34H,1H3. The second-order valence-electron chi connectivity index (χ2n) is 32.7. The quantitative estimate of drug-likeness (QED) is 0.115. The first-order chi connectivity index (χ1) is 61.2. The molecule has 0 saturated carbocycles. The van der Waals surface area contributed by atoms with Crippen molar-refractivity contribution in [3.8, 4) is 124 Å². The summed E-state index contributed by atoms with van der Waals surface area (Å²) in [5, 5.41) is 14.7. The van der Waals surface area contributed by atoms with Crippen molar-refractivity contribution < 1.29 is 0 Å². The first-order valence-electron chi connectivity index (χ1n) is 42.6. The normalized spacial score (nSPS) is 11.7. The predicted octanol–water partition coefficient (Wildman–Crippen LogP) is 30.5. The topological polar surface area (TPSA) is 71.3 Å². The second kappa shape index (κ2) is 30.3. The minimum Gasteiger partial charge on any atom is -0.344 e. The molecule has 6 heterocycles. The Balaban J connectivity index is 0.000000145. The van der Waals surface area contributed by atoms with Crippen LogP contribution in [0.25, 0.3) is 232 Å². The van der Waals surface area contributed by atoms with Gasteiger partial charge in [0.15, 0.2) is 11.6 Å². The number of aryl methyl sites for hydroxylation is 1. The summed E-state index contributed by atoms with van der Waals surface area (Å²) in [6.45, 7) is 4.53. The van der Waals surface area contributed by atoms with Crippen LogP contribution < -0.4 is 0 Å². The summed E-state index contributed by atoms with van der Waals surface area (Å²) in [6, 6.07) is 153. The van der Waals surface area contributed by atoms with Crippen LogP contribution in [0.3, 0.4) is 0 Å². The van der Waals surface area contributed by atoms with Crippen LogP contribution in [0.1, 0.15) is 19.9 Å². The molecule has 18 aromatic carbocycles. The number of benzene rings is 18. The summed E-state index contributed by atoms with van der Waals surface area (Å²) >= 11 is 0. The highest BCUT2D eigenvalue weighted by Gasteiger charge is 2.23. The summed E-state index contributed by atoms with van der Waals surface area (Å²) in [7, 11) is 2.15. The lowest BCUT2D eigenvalue weighted by atomic mass is 9.94. The molecule has 24 aromatic rings. The van der Waals surface area contributed by atoms with Crippen LogP contribution in [0.4, 0.5) is 0 Å². The van der Waals surface area contributed by atoms with Crippen LogP contribution >= 0.6 is 0 Å². The fourth-order valence-corrected chi connectivity index (χ4v) is 19.1. The van der Waals surface area contributed by atoms with Gasteiger partial charge in [0.05, 0.1) is 44.8 Å². The number of nitrogens with zero attached hydrogens (tertiary/aromatic N) is 8. The molecule has 0 bridgehead atoms. The van der Waals surface area contributed by atoms with Crippen molar-refractivity contribution >= 4 is 109 Å². The zero-order valence-electron chi connectivity index (χ0n) is 68.6. The minimum absolute atomic E-state index is 0.357. The van der Waals surface area contributed by atoms with Gasteiger partial charge in [-0.1, -0.05) is 303 Å². The Morgan fingerprint density at radius 2 is 0.524 bits per heavy atom. The van der Waals surface area contributed by atoms with Crippen molar-refractivity contribution in [1.29, 1.82) is 0 Å². The van der Waals surface area contributed by atoms with Crippen LogP contribution in [0, 0.1) is 0 Å². The smallest absolute Gasteiger partial charge is 0.160 e. The van der Waals surface area contributed by atoms with E-state index in [9.17, 15) is 0 Å². The first kappa shape index (κ1) is 73.0. The Labute approximate surface area is 717 Å². The van der Waals surface area contributed by atoms with Gasteiger partial charge in [-0.25, -0.2) is 19.9 Å². The van der Waals surface area contributed by atoms with Crippen LogP contribution in [0.15, 0.2) is 425 Å². The Morgan fingerprint density at radius 1 is 0.194 bits per heavy atom. The van der Waals surface area contributed by atoms with Gasteiger partial charge in [-0.3, -0.25) is 0 Å². The highest BCUT2D eigenvalue weighted by atomic mass is 15.0. The monoisotopic (exact) mass is 1580 g/mol. The highest BCUT2D eigenvalue weighted by Crippen LogP contribution is 2.44. The molecule has 124 heavy (non-hydrogen) atoms. The van der Waals surface area contributed by atoms with Gasteiger partial charge in [0.2, 0.25) is 0 Å². The van der Waals surface area contributed by atoms with E-state index in [-0.39, 0.29) is 0 Å². The number of hydrogen-bond acceptors (Lipinski definition) is 4. The van der Waals surface area contributed by atoms with E-state index in [4.69, 9.17) is 19.9 Å². The highest BCUT2D eigenvalue weighted by molar-refractivity contribution is 6.15. The van der Waals surface area contributed by atoms with Gasteiger partial charge < -0.3 is 18.3 Å². The van der Waals surface area contributed by atoms with E-state index < -0.39 is 0 Å². The van der Waals surface area contributed by atoms with Crippen LogP contribution in [0.5, 0.6) is 0 Å². The molecule has 0 radical (unpaired) electrons. The van der Waals surface area contributed by atoms with Crippen molar-refractivity contribution in [3.05, 3.63) is 425 Å². The van der Waals surface area contributed by atoms with Crippen molar-refractivity contribution in [1.82, 2.24) is 38.2 Å². The van der Waals surface area contributed by atoms with Crippen molar-refractivity contribution in [3.63, 3.8) is 0 Å². The summed E-state index contributed by atoms with van der Waals surface area (Å²) in [6.07, 6.45) is 0. The van der Waals surface area contributed by atoms with Crippen LogP contribution in [0.2, 0.25) is 0 Å². The zero-order valence-corrected chi connectivity index (χ0v) is 68.6. The van der Waals surface area contributed by atoms with E-state index in [1.165, 1.54) is 120 Å². The Bertz CT molecular complexity index is 8270. The fourth-order valence-electron chi connectivity index (χ4n) is 19.1. The molecule has 0 fully saturated rings. The summed E-state index contributed by atoms with van der Waals surface area (Å²) in [5.74, 6) is 1.40. The molecule has 8 nitrogen and oxygen atoms in total. The van der Waals surface area contributed by atoms with E-state index in [2.05, 4.69) is 421 Å². The summed E-state index contributed by atoms with van der Waals surface area (Å²) in [5.41, 5.74) is 31.2. The molecule has 0 amide bonds. The molecular weight excluding hydrogens is 1510 g/mol. The van der Waals surface area contributed by atoms with Gasteiger partial charge in [-0.05, 0) is 201 Å². The van der Waals surface area contributed by atoms with E-state index in [0.717, 1.165) is 101 Å². The maximum Gasteiger partial charge on any atom is 0.160 e. The number of fused-ring (bicyclic) bond motifs is 14. The number of aromatic nitrogens is 8. The van der Waals surface area contributed by atoms with Crippen molar-refractivity contribution in [2.45, 2.75) is 19.9 Å². The summed E-state index contributed by atoms with van der Waals surface area (Å²) in [4.78, 5) is 20.8. The number of rotatable bonds is 13. The Kier molecular flexibility index (Phi) is 17.8. The molecule has 24 rings (SSSR count). The lowest BCUT2D eigenvalue weighted by Crippen LogP contribution is -1.99. The fraction of sp³-hybridized carbons (Fsp3) is 0.0345. The average Bonchev–Trinajstić information content (AvgIpc) is 1.66. The third-order valence-corrected chi connectivity index (χ3v) is 25.0. The first-order valence-corrected chi connectivity index (χ1v) is 42.6. The zero-order chi connectivity index (χ0) is 82.5. The lowest BCUT2D eigenvalue weighted by molar-refractivity contribution is 0.642. The Morgan fingerprint density at radius 3 is 1.08 bits per heavy atom. The van der Waals surface area contributed by atoms with Gasteiger partial charge in [0.25, 0.3) is 0 Å². The minimum atomic E-state index is 0.357. The molecule has 0 saturated heterocycles. The average molecular weight is 1590 g/mol. The lowest BCUT2D eigenvalue weighted by Gasteiger charge is -2.14. The largest absolute Gasteiger partial charge is 0.344 e. The molecule has 8 heteroatoms. The molecular formula is C116H80N8. The third-order valence-electron chi connectivity index (χ3n) is 25.0. The SMILES string of the molecule is CC(C)n1c2ccccc2c2cc(-c3cccc(-n4c5ccccc5c5cc(-c6cc(-c7nc(-c8ccccc8)cc(-c8cccc9ccccc89)n7)cc7ccccc67)ccc54)c3)ccc21.Cn1c2ccccc2c2cc(-c3cccc(-n4c5ccccc5c5cc(-c6ccc(-c7nc(-c8ccccc8)cc(-c8ccccc8)n7)cc6)ccc54)c3)ccc21. The van der Waals surface area contributed by atoms with Gasteiger partial charge in [-0.15, -0.1) is 0 Å². The maximum absolute atomic E-state index is 5.37. The van der Waals surface area contributed by atoms with Crippen LogP contribution in [-0.4, -0.2) is 38.2 Å². The van der Waals surface area contributed by atoms with Gasteiger partial charge in [0.1, 0.15) is 0 Å². The molecule has 0 N–H and O–H groups in total. The van der Waals surface area contributed by atoms with E-state index in [1.807, 2.05) is 42.5 Å². The molecule has 584 valence electrons. The van der Waals surface area contributed by atoms with Crippen LogP contribution in [-0.2, 0) is 7.05 Å². The predicted molar refractivity (Wildman–Crippen MR) is 519 cm³/mol. The molecule has 0 atom stereocenters. The molecule has 0 unspecified atom stereocenters. The van der Waals surface area contributed by atoms with Gasteiger partial charge >= 0.3 is 0 Å². The molecule has 0 spiro atoms. The molecule has 0 aliphatic carbocycles. The maximum atomic E-state index is 5.37.